The lowest BCUT2D eigenvalue weighted by atomic mass is 10.1. The highest BCUT2D eigenvalue weighted by Gasteiger charge is 2.24. The summed E-state index contributed by atoms with van der Waals surface area (Å²) in [7, 11) is 0. The van der Waals surface area contributed by atoms with Crippen LogP contribution in [0.2, 0.25) is 0 Å². The number of halogens is 2. The Morgan fingerprint density at radius 3 is 2.53 bits per heavy atom. The van der Waals surface area contributed by atoms with Gasteiger partial charge in [0, 0.05) is 36.3 Å². The Bertz CT molecular complexity index is 1170. The third-order valence-corrected chi connectivity index (χ3v) is 5.55. The maximum atomic E-state index is 15.0. The predicted molar refractivity (Wildman–Crippen MR) is 125 cm³/mol. The Morgan fingerprint density at radius 2 is 1.82 bits per heavy atom. The second kappa shape index (κ2) is 10.4. The Hall–Kier alpha value is -3.90. The van der Waals surface area contributed by atoms with E-state index in [1.54, 1.807) is 18.5 Å². The average Bonchev–Trinajstić information content (AvgIpc) is 3.37. The lowest BCUT2D eigenvalue weighted by molar-refractivity contribution is 0.229. The van der Waals surface area contributed by atoms with Crippen molar-refractivity contribution in [1.82, 2.24) is 19.9 Å². The van der Waals surface area contributed by atoms with Crippen molar-refractivity contribution in [3.05, 3.63) is 60.3 Å². The number of anilines is 2. The SMILES string of the molecule is N/N=C(/c1cc(-c2cncnc2)cnc1N)N(N)c1ccc(OCCN2CCCC2)c(F)c1F. The van der Waals surface area contributed by atoms with Gasteiger partial charge in [-0.15, -0.1) is 0 Å². The number of nitrogen functional groups attached to an aromatic ring is 1. The quantitative estimate of drug-likeness (QED) is 0.204. The second-order valence-corrected chi connectivity index (χ2v) is 7.71. The standard InChI is InChI=1S/C22H25F2N9O/c23-19-17(3-4-18(20(19)24)34-8-7-32-5-1-2-6-32)33(27)22(31-26)16-9-14(12-30-21(16)25)15-10-28-13-29-11-15/h3-4,9-13H,1-2,5-8,26-27H2,(H2,25,30)/b31-22-. The van der Waals surface area contributed by atoms with Crippen LogP contribution in [0.4, 0.5) is 20.3 Å². The van der Waals surface area contributed by atoms with E-state index >= 15 is 0 Å². The van der Waals surface area contributed by atoms with Crippen LogP contribution in [0.15, 0.2) is 48.2 Å². The van der Waals surface area contributed by atoms with Gasteiger partial charge in [-0.2, -0.15) is 9.49 Å². The molecule has 0 spiro atoms. The molecule has 6 N–H and O–H groups in total. The number of pyridine rings is 1. The third kappa shape index (κ3) is 4.87. The highest BCUT2D eigenvalue weighted by molar-refractivity contribution is 6.12. The molecule has 1 aliphatic heterocycles. The number of ether oxygens (including phenoxy) is 1. The molecule has 2 aromatic heterocycles. The first-order valence-corrected chi connectivity index (χ1v) is 10.7. The van der Waals surface area contributed by atoms with E-state index in [4.69, 9.17) is 22.2 Å². The van der Waals surface area contributed by atoms with E-state index in [9.17, 15) is 8.78 Å². The molecule has 178 valence electrons. The summed E-state index contributed by atoms with van der Waals surface area (Å²) < 4.78 is 35.1. The molecule has 4 rings (SSSR count). The number of hydrazine groups is 1. The number of nitrogens with zero attached hydrogens (tertiary/aromatic N) is 6. The minimum absolute atomic E-state index is 0.0444. The molecule has 1 aromatic carbocycles. The number of hydrazone groups is 1. The minimum Gasteiger partial charge on any atom is -0.489 e. The van der Waals surface area contributed by atoms with Gasteiger partial charge in [0.1, 0.15) is 18.8 Å². The van der Waals surface area contributed by atoms with Crippen LogP contribution in [0, 0.1) is 11.6 Å². The van der Waals surface area contributed by atoms with Crippen LogP contribution in [0.25, 0.3) is 11.1 Å². The van der Waals surface area contributed by atoms with E-state index in [0.717, 1.165) is 30.9 Å². The van der Waals surface area contributed by atoms with Gasteiger partial charge >= 0.3 is 0 Å². The topological polar surface area (TPSA) is 145 Å². The van der Waals surface area contributed by atoms with E-state index in [0.29, 0.717) is 17.7 Å². The molecule has 3 aromatic rings. The zero-order chi connectivity index (χ0) is 24.1. The lowest BCUT2D eigenvalue weighted by Crippen LogP contribution is -2.40. The van der Waals surface area contributed by atoms with Gasteiger partial charge in [-0.25, -0.2) is 25.2 Å². The summed E-state index contributed by atoms with van der Waals surface area (Å²) in [5.74, 6) is 9.01. The number of aromatic nitrogens is 3. The zero-order valence-electron chi connectivity index (χ0n) is 18.4. The van der Waals surface area contributed by atoms with E-state index in [1.165, 1.54) is 24.7 Å². The fourth-order valence-electron chi connectivity index (χ4n) is 3.75. The van der Waals surface area contributed by atoms with Crippen molar-refractivity contribution in [3.63, 3.8) is 0 Å². The van der Waals surface area contributed by atoms with Crippen molar-refractivity contribution in [3.8, 4) is 16.9 Å². The summed E-state index contributed by atoms with van der Waals surface area (Å²) >= 11 is 0. The van der Waals surface area contributed by atoms with Gasteiger partial charge in [0.15, 0.2) is 17.4 Å². The molecule has 3 heterocycles. The third-order valence-electron chi connectivity index (χ3n) is 5.55. The molecular weight excluding hydrogens is 444 g/mol. The summed E-state index contributed by atoms with van der Waals surface area (Å²) in [5.41, 5.74) is 7.18. The molecule has 1 aliphatic rings. The Balaban J connectivity index is 1.56. The average molecular weight is 470 g/mol. The molecule has 0 radical (unpaired) electrons. The Kier molecular flexibility index (Phi) is 7.09. The van der Waals surface area contributed by atoms with E-state index in [1.807, 2.05) is 0 Å². The molecular formula is C22H25F2N9O. The van der Waals surface area contributed by atoms with Gasteiger partial charge in [0.05, 0.1) is 11.3 Å². The van der Waals surface area contributed by atoms with Crippen LogP contribution in [-0.4, -0.2) is 51.9 Å². The highest BCUT2D eigenvalue weighted by Crippen LogP contribution is 2.29. The van der Waals surface area contributed by atoms with E-state index in [2.05, 4.69) is 25.0 Å². The molecule has 1 fully saturated rings. The van der Waals surface area contributed by atoms with Crippen LogP contribution in [0.3, 0.4) is 0 Å². The van der Waals surface area contributed by atoms with Crippen molar-refractivity contribution in [1.29, 1.82) is 0 Å². The molecule has 0 amide bonds. The molecule has 12 heteroatoms. The maximum absolute atomic E-state index is 15.0. The van der Waals surface area contributed by atoms with Crippen molar-refractivity contribution >= 4 is 17.3 Å². The van der Waals surface area contributed by atoms with E-state index in [-0.39, 0.29) is 35.3 Å². The molecule has 10 nitrogen and oxygen atoms in total. The molecule has 0 bridgehead atoms. The van der Waals surface area contributed by atoms with Crippen molar-refractivity contribution < 1.29 is 13.5 Å². The number of benzene rings is 1. The van der Waals surface area contributed by atoms with Gasteiger partial charge in [-0.05, 0) is 44.1 Å². The zero-order valence-corrected chi connectivity index (χ0v) is 18.4. The van der Waals surface area contributed by atoms with Crippen LogP contribution < -0.4 is 27.2 Å². The summed E-state index contributed by atoms with van der Waals surface area (Å²) in [6.45, 7) is 2.86. The fourth-order valence-corrected chi connectivity index (χ4v) is 3.75. The minimum atomic E-state index is -1.21. The smallest absolute Gasteiger partial charge is 0.202 e. The molecule has 0 aliphatic carbocycles. The first-order valence-electron chi connectivity index (χ1n) is 10.7. The van der Waals surface area contributed by atoms with Crippen LogP contribution in [0.1, 0.15) is 18.4 Å². The van der Waals surface area contributed by atoms with Gasteiger partial charge < -0.3 is 16.3 Å². The number of likely N-dealkylation sites (tertiary alicyclic amines) is 1. The van der Waals surface area contributed by atoms with E-state index < -0.39 is 11.6 Å². The van der Waals surface area contributed by atoms with Crippen LogP contribution >= 0.6 is 0 Å². The highest BCUT2D eigenvalue weighted by atomic mass is 19.2. The van der Waals surface area contributed by atoms with Gasteiger partial charge in [0.2, 0.25) is 5.82 Å². The first kappa shape index (κ1) is 23.3. The van der Waals surface area contributed by atoms with Crippen molar-refractivity contribution in [2.75, 3.05) is 37.0 Å². The number of rotatable bonds is 7. The normalized spacial score (nSPS) is 14.4. The molecule has 0 saturated carbocycles. The lowest BCUT2D eigenvalue weighted by Gasteiger charge is -2.22. The molecule has 0 unspecified atom stereocenters. The van der Waals surface area contributed by atoms with Gasteiger partial charge in [-0.3, -0.25) is 9.91 Å². The molecule has 34 heavy (non-hydrogen) atoms. The molecule has 0 atom stereocenters. The number of hydrogen-bond acceptors (Lipinski definition) is 9. The number of nitrogens with two attached hydrogens (primary N) is 3. The fraction of sp³-hybridized carbons (Fsp3) is 0.273. The van der Waals surface area contributed by atoms with Crippen molar-refractivity contribution in [2.24, 2.45) is 16.8 Å². The summed E-state index contributed by atoms with van der Waals surface area (Å²) in [6.07, 6.45) is 8.35. The summed E-state index contributed by atoms with van der Waals surface area (Å²) in [4.78, 5) is 14.3. The maximum Gasteiger partial charge on any atom is 0.202 e. The summed E-state index contributed by atoms with van der Waals surface area (Å²) in [6, 6.07) is 4.20. The largest absolute Gasteiger partial charge is 0.489 e. The summed E-state index contributed by atoms with van der Waals surface area (Å²) in [5, 5.41) is 4.47. The predicted octanol–water partition coefficient (Wildman–Crippen LogP) is 1.87. The van der Waals surface area contributed by atoms with Crippen LogP contribution in [-0.2, 0) is 0 Å². The Morgan fingerprint density at radius 1 is 1.09 bits per heavy atom. The monoisotopic (exact) mass is 469 g/mol. The second-order valence-electron chi connectivity index (χ2n) is 7.71. The first-order chi connectivity index (χ1) is 16.5. The number of amidine groups is 1. The number of hydrogen-bond donors (Lipinski definition) is 3. The molecule has 1 saturated heterocycles. The Labute approximate surface area is 195 Å². The van der Waals surface area contributed by atoms with Gasteiger partial charge in [0.25, 0.3) is 0 Å². The van der Waals surface area contributed by atoms with Gasteiger partial charge in [-0.1, -0.05) is 0 Å². The van der Waals surface area contributed by atoms with Crippen molar-refractivity contribution in [2.45, 2.75) is 12.8 Å². The van der Waals surface area contributed by atoms with Crippen LogP contribution in [0.5, 0.6) is 5.75 Å².